The summed E-state index contributed by atoms with van der Waals surface area (Å²) in [5, 5.41) is 2.01. The summed E-state index contributed by atoms with van der Waals surface area (Å²) in [6, 6.07) is 1.89. The predicted molar refractivity (Wildman–Crippen MR) is 125 cm³/mol. The maximum atomic E-state index is 12.1. The molecule has 0 saturated carbocycles. The quantitative estimate of drug-likeness (QED) is 0.477. The molecule has 3 aromatic heterocycles. The van der Waals surface area contributed by atoms with Gasteiger partial charge in [0.05, 0.1) is 35.2 Å². The molecule has 0 radical (unpaired) electrons. The first kappa shape index (κ1) is 21.3. The highest BCUT2D eigenvalue weighted by atomic mass is 79.9. The molecule has 0 bridgehead atoms. The highest BCUT2D eigenvalue weighted by molar-refractivity contribution is 9.10. The molecule has 0 spiro atoms. The Bertz CT molecular complexity index is 1090. The Hall–Kier alpha value is -1.95. The number of aromatic nitrogens is 3. The number of anilines is 2. The van der Waals surface area contributed by atoms with Gasteiger partial charge in [-0.2, -0.15) is 0 Å². The summed E-state index contributed by atoms with van der Waals surface area (Å²) >= 11 is 6.48. The molecule has 0 unspecified atom stereocenters. The van der Waals surface area contributed by atoms with Crippen LogP contribution in [0.15, 0.2) is 22.1 Å². The lowest BCUT2D eigenvalue weighted by Gasteiger charge is -2.27. The second kappa shape index (κ2) is 9.04. The predicted octanol–water partition coefficient (Wildman–Crippen LogP) is 3.99. The van der Waals surface area contributed by atoms with Crippen LogP contribution in [-0.2, 0) is 9.53 Å². The second-order valence-corrected chi connectivity index (χ2v) is 8.95. The van der Waals surface area contributed by atoms with Crippen molar-refractivity contribution in [3.63, 3.8) is 0 Å². The van der Waals surface area contributed by atoms with Crippen molar-refractivity contribution < 1.29 is 14.3 Å². The van der Waals surface area contributed by atoms with E-state index in [0.29, 0.717) is 30.7 Å². The lowest BCUT2D eigenvalue weighted by atomic mass is 10.1. The smallest absolute Gasteiger partial charge is 0.238 e. The Labute approximate surface area is 190 Å². The standard InChI is InChI=1S/C19H20BrN5O3S2/c1-11(26)25(29-3)14-8-12(9-21-18(14)27-2)15-17-16(13(20)10-30-17)23-19(22-15)24-4-6-28-7-5-24/h8-10H,4-7H2,1-3H3. The van der Waals surface area contributed by atoms with Crippen LogP contribution < -0.4 is 13.9 Å². The van der Waals surface area contributed by atoms with E-state index in [-0.39, 0.29) is 5.91 Å². The first-order chi connectivity index (χ1) is 14.5. The Morgan fingerprint density at radius 1 is 1.37 bits per heavy atom. The molecule has 0 aliphatic carbocycles. The number of ether oxygens (including phenoxy) is 2. The molecule has 0 atom stereocenters. The number of hydrogen-bond acceptors (Lipinski definition) is 9. The van der Waals surface area contributed by atoms with Gasteiger partial charge >= 0.3 is 0 Å². The average Bonchev–Trinajstić information content (AvgIpc) is 3.15. The minimum absolute atomic E-state index is 0.111. The molecule has 4 heterocycles. The van der Waals surface area contributed by atoms with Crippen LogP contribution in [0, 0.1) is 0 Å². The molecule has 1 aliphatic rings. The van der Waals surface area contributed by atoms with Gasteiger partial charge in [-0.1, -0.05) is 0 Å². The van der Waals surface area contributed by atoms with E-state index in [1.54, 1.807) is 28.9 Å². The van der Waals surface area contributed by atoms with E-state index in [9.17, 15) is 4.79 Å². The van der Waals surface area contributed by atoms with Gasteiger partial charge in [0.15, 0.2) is 0 Å². The van der Waals surface area contributed by atoms with Gasteiger partial charge in [-0.15, -0.1) is 11.3 Å². The number of rotatable bonds is 5. The maximum Gasteiger partial charge on any atom is 0.238 e. The summed E-state index contributed by atoms with van der Waals surface area (Å²) < 4.78 is 14.3. The van der Waals surface area contributed by atoms with Crippen molar-refractivity contribution >= 4 is 67.0 Å². The zero-order valence-electron chi connectivity index (χ0n) is 16.7. The van der Waals surface area contributed by atoms with Gasteiger partial charge in [0.2, 0.25) is 17.7 Å². The van der Waals surface area contributed by atoms with Gasteiger partial charge in [-0.25, -0.2) is 19.3 Å². The lowest BCUT2D eigenvalue weighted by molar-refractivity contribution is -0.115. The minimum Gasteiger partial charge on any atom is -0.479 e. The number of morpholine rings is 1. The van der Waals surface area contributed by atoms with Crippen molar-refractivity contribution in [2.45, 2.75) is 6.92 Å². The van der Waals surface area contributed by atoms with Gasteiger partial charge in [0.25, 0.3) is 0 Å². The highest BCUT2D eigenvalue weighted by Crippen LogP contribution is 2.39. The number of hydrogen-bond donors (Lipinski definition) is 0. The Kier molecular flexibility index (Phi) is 6.42. The van der Waals surface area contributed by atoms with E-state index in [0.717, 1.165) is 39.0 Å². The van der Waals surface area contributed by atoms with Crippen LogP contribution in [-0.4, -0.2) is 60.5 Å². The van der Waals surface area contributed by atoms with Crippen LogP contribution in [0.3, 0.4) is 0 Å². The molecule has 1 aliphatic heterocycles. The molecule has 0 aromatic carbocycles. The van der Waals surface area contributed by atoms with E-state index >= 15 is 0 Å². The van der Waals surface area contributed by atoms with Gasteiger partial charge in [0.1, 0.15) is 11.2 Å². The monoisotopic (exact) mass is 509 g/mol. The Morgan fingerprint density at radius 3 is 2.80 bits per heavy atom. The normalized spacial score (nSPS) is 14.2. The SMILES string of the molecule is COc1ncc(-c2nc(N3CCOCC3)nc3c(Br)csc23)cc1N(SC)C(C)=O. The first-order valence-electron chi connectivity index (χ1n) is 9.20. The first-order valence-corrected chi connectivity index (χ1v) is 12.1. The summed E-state index contributed by atoms with van der Waals surface area (Å²) in [6.07, 6.45) is 3.56. The van der Waals surface area contributed by atoms with Crippen LogP contribution in [0.4, 0.5) is 11.6 Å². The van der Waals surface area contributed by atoms with Crippen molar-refractivity contribution in [2.75, 3.05) is 48.9 Å². The summed E-state index contributed by atoms with van der Waals surface area (Å²) in [7, 11) is 1.54. The number of halogens is 1. The zero-order chi connectivity index (χ0) is 21.3. The van der Waals surface area contributed by atoms with E-state index in [1.807, 2.05) is 17.7 Å². The van der Waals surface area contributed by atoms with Crippen molar-refractivity contribution in [2.24, 2.45) is 0 Å². The van der Waals surface area contributed by atoms with Crippen LogP contribution >= 0.6 is 39.2 Å². The molecule has 3 aromatic rings. The second-order valence-electron chi connectivity index (χ2n) is 6.48. The zero-order valence-corrected chi connectivity index (χ0v) is 19.9. The number of fused-ring (bicyclic) bond motifs is 1. The Balaban J connectivity index is 1.89. The summed E-state index contributed by atoms with van der Waals surface area (Å²) in [4.78, 5) is 28.4. The topological polar surface area (TPSA) is 80.7 Å². The number of carbonyl (C=O) groups is 1. The van der Waals surface area contributed by atoms with Gasteiger partial charge in [-0.3, -0.25) is 4.79 Å². The van der Waals surface area contributed by atoms with Crippen molar-refractivity contribution in [1.82, 2.24) is 15.0 Å². The largest absolute Gasteiger partial charge is 0.479 e. The van der Waals surface area contributed by atoms with Gasteiger partial charge in [0, 0.05) is 43.4 Å². The molecule has 8 nitrogen and oxygen atoms in total. The third-order valence-corrected chi connectivity index (χ3v) is 7.34. The molecular formula is C19H20BrN5O3S2. The molecule has 1 saturated heterocycles. The van der Waals surface area contributed by atoms with E-state index < -0.39 is 0 Å². The molecule has 11 heteroatoms. The van der Waals surface area contributed by atoms with Crippen LogP contribution in [0.5, 0.6) is 5.88 Å². The van der Waals surface area contributed by atoms with Crippen molar-refractivity contribution in [3.05, 3.63) is 22.1 Å². The molecule has 1 amide bonds. The third-order valence-electron chi connectivity index (χ3n) is 4.64. The third kappa shape index (κ3) is 3.98. The fraction of sp³-hybridized carbons (Fsp3) is 0.368. The van der Waals surface area contributed by atoms with E-state index in [1.165, 1.54) is 18.9 Å². The summed E-state index contributed by atoms with van der Waals surface area (Å²) in [5.41, 5.74) is 3.02. The van der Waals surface area contributed by atoms with E-state index in [2.05, 4.69) is 25.8 Å². The fourth-order valence-electron chi connectivity index (χ4n) is 3.25. The number of carbonyl (C=O) groups excluding carboxylic acids is 1. The number of thiophene rings is 1. The molecule has 30 heavy (non-hydrogen) atoms. The number of methoxy groups -OCH3 is 1. The highest BCUT2D eigenvalue weighted by Gasteiger charge is 2.22. The molecule has 1 fully saturated rings. The molecule has 4 rings (SSSR count). The average molecular weight is 510 g/mol. The summed E-state index contributed by atoms with van der Waals surface area (Å²) in [6.45, 7) is 4.29. The van der Waals surface area contributed by atoms with Gasteiger partial charge in [-0.05, 0) is 33.9 Å². The number of pyridine rings is 1. The Morgan fingerprint density at radius 2 is 2.13 bits per heavy atom. The van der Waals surface area contributed by atoms with E-state index in [4.69, 9.17) is 19.4 Å². The maximum absolute atomic E-state index is 12.1. The number of nitrogens with zero attached hydrogens (tertiary/aromatic N) is 5. The molecule has 0 N–H and O–H groups in total. The lowest BCUT2D eigenvalue weighted by Crippen LogP contribution is -2.37. The number of amides is 1. The van der Waals surface area contributed by atoms with Crippen LogP contribution in [0.25, 0.3) is 21.5 Å². The van der Waals surface area contributed by atoms with Crippen LogP contribution in [0.2, 0.25) is 0 Å². The minimum atomic E-state index is -0.111. The van der Waals surface area contributed by atoms with Gasteiger partial charge < -0.3 is 14.4 Å². The molecular weight excluding hydrogens is 490 g/mol. The van der Waals surface area contributed by atoms with Crippen molar-refractivity contribution in [3.8, 4) is 17.1 Å². The fourth-order valence-corrected chi connectivity index (χ4v) is 5.41. The summed E-state index contributed by atoms with van der Waals surface area (Å²) in [5.74, 6) is 0.931. The molecule has 158 valence electrons. The van der Waals surface area contributed by atoms with Crippen LogP contribution in [0.1, 0.15) is 6.92 Å². The van der Waals surface area contributed by atoms with Crippen molar-refractivity contribution in [1.29, 1.82) is 0 Å².